The first-order chi connectivity index (χ1) is 17.4. The summed E-state index contributed by atoms with van der Waals surface area (Å²) in [7, 11) is 0. The minimum absolute atomic E-state index is 0.0387. The Kier molecular flexibility index (Phi) is 9.84. The molecule has 3 aromatic carbocycles. The Morgan fingerprint density at radius 2 is 1.25 bits per heavy atom. The minimum Gasteiger partial charge on any atom is -0.484 e. The van der Waals surface area contributed by atoms with Gasteiger partial charge in [-0.3, -0.25) is 9.69 Å². The quantitative estimate of drug-likeness (QED) is 0.483. The van der Waals surface area contributed by atoms with Crippen LogP contribution >= 0.6 is 0 Å². The molecule has 9 heteroatoms. The summed E-state index contributed by atoms with van der Waals surface area (Å²) in [4.78, 5) is 34.9. The summed E-state index contributed by atoms with van der Waals surface area (Å²) in [6, 6.07) is 27.4. The topological polar surface area (TPSA) is 117 Å². The molecule has 0 aromatic heterocycles. The number of piperazine rings is 1. The van der Waals surface area contributed by atoms with Gasteiger partial charge in [-0.1, -0.05) is 48.5 Å². The molecule has 0 saturated carbocycles. The summed E-state index contributed by atoms with van der Waals surface area (Å²) in [6.45, 7) is 4.06. The predicted molar refractivity (Wildman–Crippen MR) is 132 cm³/mol. The zero-order valence-electron chi connectivity index (χ0n) is 19.7. The van der Waals surface area contributed by atoms with Crippen LogP contribution in [0.25, 0.3) is 0 Å². The largest absolute Gasteiger partial charge is 0.484 e. The smallest absolute Gasteiger partial charge is 0.414 e. The van der Waals surface area contributed by atoms with Crippen LogP contribution in [0.2, 0.25) is 0 Å². The van der Waals surface area contributed by atoms with Crippen molar-refractivity contribution in [3.8, 4) is 17.2 Å². The highest BCUT2D eigenvalue weighted by Gasteiger charge is 2.21. The number of ether oxygens (including phenoxy) is 2. The van der Waals surface area contributed by atoms with Crippen LogP contribution < -0.4 is 9.47 Å². The summed E-state index contributed by atoms with van der Waals surface area (Å²) >= 11 is 0. The van der Waals surface area contributed by atoms with E-state index >= 15 is 0 Å². The molecule has 0 unspecified atom stereocenters. The molecule has 1 amide bonds. The molecule has 0 bridgehead atoms. The summed E-state index contributed by atoms with van der Waals surface area (Å²) in [6.07, 6.45) is 0. The van der Waals surface area contributed by atoms with E-state index in [1.807, 2.05) is 77.7 Å². The predicted octanol–water partition coefficient (Wildman–Crippen LogP) is 3.36. The molecule has 1 aliphatic heterocycles. The molecule has 36 heavy (non-hydrogen) atoms. The van der Waals surface area contributed by atoms with Crippen LogP contribution in [0.15, 0.2) is 84.9 Å². The van der Waals surface area contributed by atoms with Crippen molar-refractivity contribution >= 4 is 17.8 Å². The third kappa shape index (κ3) is 8.77. The second kappa shape index (κ2) is 13.5. The van der Waals surface area contributed by atoms with E-state index in [4.69, 9.17) is 29.3 Å². The Hall–Kier alpha value is -4.37. The molecule has 0 spiro atoms. The van der Waals surface area contributed by atoms with E-state index in [1.165, 1.54) is 5.56 Å². The van der Waals surface area contributed by atoms with E-state index in [1.54, 1.807) is 0 Å². The number of para-hydroxylation sites is 2. The number of amides is 1. The van der Waals surface area contributed by atoms with Gasteiger partial charge in [-0.25, -0.2) is 9.59 Å². The summed E-state index contributed by atoms with van der Waals surface area (Å²) in [5.74, 6) is -1.21. The number of carboxylic acid groups (broad SMARTS) is 2. The maximum atomic E-state index is 12.4. The van der Waals surface area contributed by atoms with Crippen molar-refractivity contribution in [1.29, 1.82) is 0 Å². The molecule has 2 N–H and O–H groups in total. The molecule has 3 aromatic rings. The zero-order chi connectivity index (χ0) is 25.8. The highest BCUT2D eigenvalue weighted by molar-refractivity contribution is 6.27. The van der Waals surface area contributed by atoms with Crippen molar-refractivity contribution in [3.63, 3.8) is 0 Å². The summed E-state index contributed by atoms with van der Waals surface area (Å²) in [5.41, 5.74) is 1.20. The van der Waals surface area contributed by atoms with Crippen molar-refractivity contribution in [2.45, 2.75) is 6.54 Å². The normalized spacial score (nSPS) is 13.2. The van der Waals surface area contributed by atoms with Crippen LogP contribution in [-0.2, 0) is 20.9 Å². The van der Waals surface area contributed by atoms with Crippen molar-refractivity contribution in [2.24, 2.45) is 0 Å². The van der Waals surface area contributed by atoms with E-state index in [9.17, 15) is 4.79 Å². The molecule has 1 aliphatic rings. The fraction of sp³-hybridized carbons (Fsp3) is 0.222. The van der Waals surface area contributed by atoms with Gasteiger partial charge in [0.15, 0.2) is 6.61 Å². The van der Waals surface area contributed by atoms with E-state index in [-0.39, 0.29) is 12.5 Å². The van der Waals surface area contributed by atoms with Crippen LogP contribution in [0.1, 0.15) is 5.56 Å². The highest BCUT2D eigenvalue weighted by Crippen LogP contribution is 2.22. The lowest BCUT2D eigenvalue weighted by Gasteiger charge is -2.34. The van der Waals surface area contributed by atoms with Crippen LogP contribution in [0.5, 0.6) is 17.2 Å². The fourth-order valence-corrected chi connectivity index (χ4v) is 3.50. The number of nitrogens with zero attached hydrogens (tertiary/aromatic N) is 2. The van der Waals surface area contributed by atoms with E-state index in [0.29, 0.717) is 0 Å². The van der Waals surface area contributed by atoms with Crippen LogP contribution in [0, 0.1) is 0 Å². The maximum absolute atomic E-state index is 12.4. The Morgan fingerprint density at radius 1 is 0.694 bits per heavy atom. The van der Waals surface area contributed by atoms with E-state index in [0.717, 1.165) is 50.0 Å². The van der Waals surface area contributed by atoms with Gasteiger partial charge in [0, 0.05) is 32.7 Å². The standard InChI is InChI=1S/C25H26N2O3.C2H2O4/c28-25(20-29-22-9-3-1-4-10-22)27-16-14-26(15-17-27)19-21-8-7-13-24(18-21)30-23-11-5-2-6-12-23;3-1(4)2(5)6/h1-13,18H,14-17,19-20H2;(H,3,4)(H,5,6). The summed E-state index contributed by atoms with van der Waals surface area (Å²) < 4.78 is 11.5. The van der Waals surface area contributed by atoms with Gasteiger partial charge in [0.2, 0.25) is 0 Å². The third-order valence-corrected chi connectivity index (χ3v) is 5.30. The van der Waals surface area contributed by atoms with Crippen molar-refractivity contribution in [3.05, 3.63) is 90.5 Å². The molecule has 0 atom stereocenters. The molecule has 188 valence electrons. The molecule has 4 rings (SSSR count). The number of carbonyl (C=O) groups excluding carboxylic acids is 1. The lowest BCUT2D eigenvalue weighted by molar-refractivity contribution is -0.159. The first-order valence-electron chi connectivity index (χ1n) is 11.4. The van der Waals surface area contributed by atoms with E-state index in [2.05, 4.69) is 17.0 Å². The van der Waals surface area contributed by atoms with Gasteiger partial charge in [-0.15, -0.1) is 0 Å². The van der Waals surface area contributed by atoms with Crippen LogP contribution in [-0.4, -0.2) is 70.6 Å². The van der Waals surface area contributed by atoms with Gasteiger partial charge in [0.1, 0.15) is 17.2 Å². The minimum atomic E-state index is -1.82. The molecule has 1 saturated heterocycles. The SMILES string of the molecule is O=C(COc1ccccc1)N1CCN(Cc2cccc(Oc3ccccc3)c2)CC1.O=C(O)C(=O)O. The number of carboxylic acids is 2. The number of hydrogen-bond acceptors (Lipinski definition) is 6. The Morgan fingerprint density at radius 3 is 1.83 bits per heavy atom. The fourth-order valence-electron chi connectivity index (χ4n) is 3.50. The third-order valence-electron chi connectivity index (χ3n) is 5.30. The second-order valence-corrected chi connectivity index (χ2v) is 7.93. The van der Waals surface area contributed by atoms with Gasteiger partial charge < -0.3 is 24.6 Å². The molecule has 1 heterocycles. The van der Waals surface area contributed by atoms with Gasteiger partial charge in [-0.2, -0.15) is 0 Å². The average Bonchev–Trinajstić information content (AvgIpc) is 2.89. The molecular weight excluding hydrogens is 464 g/mol. The molecular formula is C27H28N2O7. The van der Waals surface area contributed by atoms with Crippen LogP contribution in [0.4, 0.5) is 0 Å². The molecule has 0 aliphatic carbocycles. The maximum Gasteiger partial charge on any atom is 0.414 e. The lowest BCUT2D eigenvalue weighted by atomic mass is 10.2. The first kappa shape index (κ1) is 26.2. The van der Waals surface area contributed by atoms with Crippen molar-refractivity contribution in [1.82, 2.24) is 9.80 Å². The van der Waals surface area contributed by atoms with Gasteiger partial charge >= 0.3 is 11.9 Å². The Balaban J connectivity index is 0.000000538. The molecule has 9 nitrogen and oxygen atoms in total. The molecule has 1 fully saturated rings. The summed E-state index contributed by atoms with van der Waals surface area (Å²) in [5, 5.41) is 14.8. The number of benzene rings is 3. The van der Waals surface area contributed by atoms with Gasteiger partial charge in [0.25, 0.3) is 5.91 Å². The number of carbonyl (C=O) groups is 3. The Labute approximate surface area is 209 Å². The number of hydrogen-bond donors (Lipinski definition) is 2. The second-order valence-electron chi connectivity index (χ2n) is 7.93. The lowest BCUT2D eigenvalue weighted by Crippen LogP contribution is -2.49. The monoisotopic (exact) mass is 492 g/mol. The van der Waals surface area contributed by atoms with E-state index < -0.39 is 11.9 Å². The van der Waals surface area contributed by atoms with Crippen molar-refractivity contribution in [2.75, 3.05) is 32.8 Å². The number of aliphatic carboxylic acids is 2. The highest BCUT2D eigenvalue weighted by atomic mass is 16.5. The molecule has 0 radical (unpaired) electrons. The Bertz CT molecular complexity index is 1120. The number of rotatable bonds is 7. The first-order valence-corrected chi connectivity index (χ1v) is 11.4. The van der Waals surface area contributed by atoms with Gasteiger partial charge in [0.05, 0.1) is 0 Å². The van der Waals surface area contributed by atoms with Crippen molar-refractivity contribution < 1.29 is 34.1 Å². The van der Waals surface area contributed by atoms with Gasteiger partial charge in [-0.05, 0) is 42.0 Å². The van der Waals surface area contributed by atoms with Crippen LogP contribution in [0.3, 0.4) is 0 Å². The zero-order valence-corrected chi connectivity index (χ0v) is 19.7. The average molecular weight is 493 g/mol.